The van der Waals surface area contributed by atoms with Crippen LogP contribution >= 0.6 is 11.3 Å². The van der Waals surface area contributed by atoms with Crippen LogP contribution in [0, 0.1) is 0 Å². The average Bonchev–Trinajstić information content (AvgIpc) is 3.66. The van der Waals surface area contributed by atoms with Gasteiger partial charge in [0.05, 0.1) is 56.8 Å². The number of aryl methyl sites for hydroxylation is 1. The van der Waals surface area contributed by atoms with Crippen molar-refractivity contribution in [3.05, 3.63) is 40.5 Å². The minimum absolute atomic E-state index is 0.0168. The molecular weight excluding hydrogens is 593 g/mol. The van der Waals surface area contributed by atoms with Crippen LogP contribution in [0.15, 0.2) is 29.3 Å². The zero-order valence-electron chi connectivity index (χ0n) is 23.1. The van der Waals surface area contributed by atoms with Crippen molar-refractivity contribution in [1.82, 2.24) is 19.9 Å². The number of piperazine rings is 1. The number of nitrogens with one attached hydrogen (secondary N) is 1. The van der Waals surface area contributed by atoms with Gasteiger partial charge in [-0.3, -0.25) is 4.90 Å². The third kappa shape index (κ3) is 5.36. The van der Waals surface area contributed by atoms with E-state index in [1.54, 1.807) is 6.92 Å². The molecule has 2 saturated heterocycles. The van der Waals surface area contributed by atoms with Gasteiger partial charge in [-0.2, -0.15) is 13.2 Å². The Hall–Kier alpha value is -2.85. The van der Waals surface area contributed by atoms with Crippen LogP contribution in [-0.4, -0.2) is 84.1 Å². The summed E-state index contributed by atoms with van der Waals surface area (Å²) in [7, 11) is -3.72. The molecule has 3 aliphatic heterocycles. The molecule has 10 nitrogen and oxygen atoms in total. The maximum atomic E-state index is 14.0. The predicted molar refractivity (Wildman–Crippen MR) is 152 cm³/mol. The molecule has 0 aliphatic carbocycles. The molecule has 0 saturated carbocycles. The number of fused-ring (bicyclic) bond motifs is 3. The summed E-state index contributed by atoms with van der Waals surface area (Å²) in [4.78, 5) is 18.0. The van der Waals surface area contributed by atoms with Crippen LogP contribution in [-0.2, 0) is 27.2 Å². The van der Waals surface area contributed by atoms with Crippen molar-refractivity contribution in [3.8, 4) is 10.6 Å². The standard InChI is InChI=1S/C27H31F3N6O4S2/c1-3-19-20(4-5-23(32-19)36-14-16-10-17(36)13-35(16)6-7-37)33-26-31-12-18(27(28,29)30)24(34-26)21-11-22-25(41-21)15(2)40-8-9-42(22,38)39/h4-5,11-12,15-17,37H,3,6-10,13-14H2,1-2H3,(H,31,33,34)/t15-,16-,17-/m1/s1. The summed E-state index contributed by atoms with van der Waals surface area (Å²) in [6, 6.07) is 5.67. The van der Waals surface area contributed by atoms with Gasteiger partial charge in [0.1, 0.15) is 11.4 Å². The van der Waals surface area contributed by atoms with E-state index in [9.17, 15) is 26.7 Å². The van der Waals surface area contributed by atoms with Gasteiger partial charge in [-0.25, -0.2) is 23.4 Å². The number of nitrogens with zero attached hydrogens (tertiary/aromatic N) is 5. The highest BCUT2D eigenvalue weighted by molar-refractivity contribution is 7.91. The number of pyridine rings is 1. The van der Waals surface area contributed by atoms with Crippen LogP contribution < -0.4 is 10.2 Å². The highest BCUT2D eigenvalue weighted by Gasteiger charge is 2.43. The van der Waals surface area contributed by atoms with Crippen LogP contribution in [0.1, 0.15) is 42.5 Å². The van der Waals surface area contributed by atoms with Crippen molar-refractivity contribution in [2.75, 3.05) is 48.8 Å². The largest absolute Gasteiger partial charge is 0.420 e. The quantitative estimate of drug-likeness (QED) is 0.399. The Morgan fingerprint density at radius 2 is 2.02 bits per heavy atom. The highest BCUT2D eigenvalue weighted by atomic mass is 32.2. The van der Waals surface area contributed by atoms with Gasteiger partial charge in [-0.05, 0) is 38.0 Å². The maximum absolute atomic E-state index is 14.0. The Balaban J connectivity index is 1.31. The van der Waals surface area contributed by atoms with Gasteiger partial charge in [0.15, 0.2) is 9.84 Å². The lowest BCUT2D eigenvalue weighted by molar-refractivity contribution is -0.137. The summed E-state index contributed by atoms with van der Waals surface area (Å²) >= 11 is 0.933. The molecule has 0 unspecified atom stereocenters. The van der Waals surface area contributed by atoms with Crippen molar-refractivity contribution in [1.29, 1.82) is 0 Å². The molecule has 3 atom stereocenters. The Bertz CT molecular complexity index is 1600. The Labute approximate surface area is 245 Å². The number of rotatable bonds is 7. The molecule has 6 heterocycles. The first kappa shape index (κ1) is 29.2. The van der Waals surface area contributed by atoms with Gasteiger partial charge in [-0.1, -0.05) is 6.92 Å². The minimum atomic E-state index is -4.75. The Morgan fingerprint density at radius 1 is 1.21 bits per heavy atom. The van der Waals surface area contributed by atoms with Gasteiger partial charge >= 0.3 is 6.18 Å². The fourth-order valence-corrected chi connectivity index (χ4v) is 8.92. The second-order valence-electron chi connectivity index (χ2n) is 10.7. The van der Waals surface area contributed by atoms with E-state index in [0.717, 1.165) is 42.9 Å². The van der Waals surface area contributed by atoms with E-state index >= 15 is 0 Å². The van der Waals surface area contributed by atoms with Crippen LogP contribution in [0.25, 0.3) is 10.6 Å². The molecule has 0 spiro atoms. The fraction of sp³-hybridized carbons (Fsp3) is 0.519. The molecular formula is C27H31F3N6O4S2. The summed E-state index contributed by atoms with van der Waals surface area (Å²) in [6.07, 6.45) is -3.03. The first-order chi connectivity index (χ1) is 20.0. The number of β-amino-alcohol motifs (C(OH)–C–C–N with tert-alkyl or cyclic N) is 1. The Morgan fingerprint density at radius 3 is 2.71 bits per heavy atom. The van der Waals surface area contributed by atoms with E-state index in [-0.39, 0.29) is 34.7 Å². The third-order valence-corrected chi connectivity index (χ3v) is 11.2. The van der Waals surface area contributed by atoms with E-state index < -0.39 is 33.4 Å². The number of likely N-dealkylation sites (tertiary alicyclic amines) is 1. The highest BCUT2D eigenvalue weighted by Crippen LogP contribution is 2.44. The summed E-state index contributed by atoms with van der Waals surface area (Å²) < 4.78 is 73.3. The molecule has 2 bridgehead atoms. The molecule has 226 valence electrons. The van der Waals surface area contributed by atoms with Crippen molar-refractivity contribution in [3.63, 3.8) is 0 Å². The van der Waals surface area contributed by atoms with Crippen LogP contribution in [0.5, 0.6) is 0 Å². The molecule has 0 radical (unpaired) electrons. The second kappa shape index (κ2) is 11.0. The van der Waals surface area contributed by atoms with Crippen molar-refractivity contribution in [2.45, 2.75) is 55.9 Å². The summed E-state index contributed by atoms with van der Waals surface area (Å²) in [6.45, 7) is 6.13. The molecule has 0 aromatic carbocycles. The number of sulfone groups is 1. The third-order valence-electron chi connectivity index (χ3n) is 8.05. The van der Waals surface area contributed by atoms with Gasteiger partial charge in [0.2, 0.25) is 5.95 Å². The molecule has 6 rings (SSSR count). The Kier molecular flexibility index (Phi) is 7.66. The molecule has 3 aromatic heterocycles. The van der Waals surface area contributed by atoms with Crippen molar-refractivity contribution >= 4 is 38.6 Å². The van der Waals surface area contributed by atoms with E-state index in [2.05, 4.69) is 25.1 Å². The molecule has 15 heteroatoms. The number of aliphatic hydroxyl groups is 1. The van der Waals surface area contributed by atoms with Crippen molar-refractivity contribution in [2.24, 2.45) is 0 Å². The van der Waals surface area contributed by atoms with E-state index in [0.29, 0.717) is 41.3 Å². The lowest BCUT2D eigenvalue weighted by Crippen LogP contribution is -2.47. The SMILES string of the molecule is CCc1nc(N2C[C@H]3C[C@@H]2CN3CCO)ccc1Nc1ncc(C(F)(F)F)c(-c2cc3c(s2)[C@@H](C)OCCS3(=O)=O)n1. The van der Waals surface area contributed by atoms with Crippen LogP contribution in [0.3, 0.4) is 0 Å². The molecule has 2 N–H and O–H groups in total. The molecule has 2 fully saturated rings. The average molecular weight is 625 g/mol. The van der Waals surface area contributed by atoms with Gasteiger partial charge in [-0.15, -0.1) is 11.3 Å². The first-order valence-electron chi connectivity index (χ1n) is 13.8. The zero-order valence-corrected chi connectivity index (χ0v) is 24.7. The van der Waals surface area contributed by atoms with E-state index in [4.69, 9.17) is 9.72 Å². The van der Waals surface area contributed by atoms with E-state index in [1.807, 2.05) is 19.1 Å². The molecule has 3 aromatic rings. The number of hydrogen-bond acceptors (Lipinski definition) is 11. The predicted octanol–water partition coefficient (Wildman–Crippen LogP) is 4.05. The number of aromatic nitrogens is 3. The minimum Gasteiger partial charge on any atom is -0.395 e. The fourth-order valence-electron chi connectivity index (χ4n) is 5.97. The number of thiophene rings is 1. The van der Waals surface area contributed by atoms with Gasteiger partial charge in [0, 0.05) is 37.9 Å². The number of halogens is 3. The van der Waals surface area contributed by atoms with Crippen molar-refractivity contribution < 1.29 is 31.4 Å². The summed E-state index contributed by atoms with van der Waals surface area (Å²) in [5.74, 6) is 0.532. The van der Waals surface area contributed by atoms with Crippen LogP contribution in [0.2, 0.25) is 0 Å². The summed E-state index contributed by atoms with van der Waals surface area (Å²) in [5, 5.41) is 12.3. The first-order valence-corrected chi connectivity index (χ1v) is 16.3. The number of ether oxygens (including phenoxy) is 1. The molecule has 0 amide bonds. The number of alkyl halides is 3. The number of aliphatic hydroxyl groups excluding tert-OH is 1. The number of anilines is 3. The lowest BCUT2D eigenvalue weighted by Gasteiger charge is -2.34. The zero-order chi connectivity index (χ0) is 29.8. The molecule has 42 heavy (non-hydrogen) atoms. The molecule has 3 aliphatic rings. The normalized spacial score (nSPS) is 23.7. The number of hydrogen-bond donors (Lipinski definition) is 2. The smallest absolute Gasteiger partial charge is 0.395 e. The maximum Gasteiger partial charge on any atom is 0.420 e. The van der Waals surface area contributed by atoms with E-state index in [1.165, 1.54) is 6.07 Å². The van der Waals surface area contributed by atoms with Crippen LogP contribution in [0.4, 0.5) is 30.6 Å². The second-order valence-corrected chi connectivity index (χ2v) is 13.8. The van der Waals surface area contributed by atoms with Gasteiger partial charge in [0.25, 0.3) is 0 Å². The lowest BCUT2D eigenvalue weighted by atomic mass is 10.2. The summed E-state index contributed by atoms with van der Waals surface area (Å²) in [5.41, 5.74) is -0.167. The monoisotopic (exact) mass is 624 g/mol. The van der Waals surface area contributed by atoms with Gasteiger partial charge < -0.3 is 20.1 Å². The topological polar surface area (TPSA) is 121 Å².